The van der Waals surface area contributed by atoms with Crippen LogP contribution < -0.4 is 10.8 Å². The van der Waals surface area contributed by atoms with Crippen LogP contribution in [-0.2, 0) is 9.31 Å². The number of thiazole rings is 1. The van der Waals surface area contributed by atoms with Crippen molar-refractivity contribution in [3.05, 3.63) is 35.8 Å². The highest BCUT2D eigenvalue weighted by atomic mass is 32.1. The Balaban J connectivity index is 1.73. The van der Waals surface area contributed by atoms with Crippen molar-refractivity contribution in [3.8, 4) is 0 Å². The molecule has 1 aromatic carbocycles. The van der Waals surface area contributed by atoms with E-state index in [2.05, 4.69) is 38.0 Å². The van der Waals surface area contributed by atoms with Gasteiger partial charge in [-0.2, -0.15) is 0 Å². The van der Waals surface area contributed by atoms with Crippen molar-refractivity contribution in [2.75, 3.05) is 5.32 Å². The van der Waals surface area contributed by atoms with Crippen molar-refractivity contribution < 1.29 is 9.31 Å². The van der Waals surface area contributed by atoms with Crippen molar-refractivity contribution >= 4 is 34.7 Å². The molecule has 0 saturated carbocycles. The van der Waals surface area contributed by atoms with Gasteiger partial charge in [0.05, 0.1) is 11.2 Å². The Morgan fingerprint density at radius 1 is 1.05 bits per heavy atom. The van der Waals surface area contributed by atoms with Crippen molar-refractivity contribution in [3.63, 3.8) is 0 Å². The molecule has 2 heterocycles. The van der Waals surface area contributed by atoms with Crippen molar-refractivity contribution in [1.82, 2.24) is 4.98 Å². The van der Waals surface area contributed by atoms with E-state index in [0.29, 0.717) is 0 Å². The van der Waals surface area contributed by atoms with Gasteiger partial charge in [-0.1, -0.05) is 12.1 Å². The number of hydrogen-bond acceptors (Lipinski definition) is 5. The molecule has 4 nitrogen and oxygen atoms in total. The highest BCUT2D eigenvalue weighted by Crippen LogP contribution is 2.36. The van der Waals surface area contributed by atoms with Gasteiger partial charge in [0.25, 0.3) is 0 Å². The monoisotopic (exact) mass is 302 g/mol. The van der Waals surface area contributed by atoms with Crippen molar-refractivity contribution in [1.29, 1.82) is 0 Å². The second kappa shape index (κ2) is 5.12. The lowest BCUT2D eigenvalue weighted by molar-refractivity contribution is 0.00578. The van der Waals surface area contributed by atoms with Crippen LogP contribution >= 0.6 is 11.3 Å². The molecular weight excluding hydrogens is 283 g/mol. The molecule has 1 fully saturated rings. The summed E-state index contributed by atoms with van der Waals surface area (Å²) in [5, 5.41) is 6.09. The fraction of sp³-hybridized carbons (Fsp3) is 0.400. The van der Waals surface area contributed by atoms with E-state index < -0.39 is 0 Å². The van der Waals surface area contributed by atoms with Crippen LogP contribution in [0.25, 0.3) is 0 Å². The van der Waals surface area contributed by atoms with E-state index in [1.807, 2.05) is 29.6 Å². The average molecular weight is 302 g/mol. The zero-order chi connectivity index (χ0) is 15.1. The second-order valence-corrected chi connectivity index (χ2v) is 7.07. The van der Waals surface area contributed by atoms with E-state index in [9.17, 15) is 0 Å². The van der Waals surface area contributed by atoms with Crippen LogP contribution in [0.2, 0.25) is 0 Å². The van der Waals surface area contributed by atoms with Gasteiger partial charge in [0.2, 0.25) is 0 Å². The number of anilines is 2. The highest BCUT2D eigenvalue weighted by Gasteiger charge is 2.51. The van der Waals surface area contributed by atoms with Gasteiger partial charge in [0.15, 0.2) is 5.13 Å². The first kappa shape index (κ1) is 14.6. The van der Waals surface area contributed by atoms with Crippen LogP contribution in [0.3, 0.4) is 0 Å². The Morgan fingerprint density at radius 3 is 2.19 bits per heavy atom. The largest absolute Gasteiger partial charge is 0.494 e. The molecule has 3 rings (SSSR count). The van der Waals surface area contributed by atoms with Gasteiger partial charge in [0, 0.05) is 17.3 Å². The van der Waals surface area contributed by atoms with Gasteiger partial charge in [-0.15, -0.1) is 11.3 Å². The second-order valence-electron chi connectivity index (χ2n) is 6.17. The first-order valence-corrected chi connectivity index (χ1v) is 7.87. The minimum Gasteiger partial charge on any atom is -0.399 e. The number of hydrogen-bond donors (Lipinski definition) is 1. The summed E-state index contributed by atoms with van der Waals surface area (Å²) in [6.07, 6.45) is 1.78. The maximum atomic E-state index is 6.04. The minimum atomic E-state index is -0.316. The standard InChI is InChI=1S/C15H19BN2O2S/c1-14(2)15(3,4)20-16(19-14)11-5-7-12(8-6-11)18-13-17-9-10-21-13/h5-10H,1-4H3,(H,17,18). The fourth-order valence-corrected chi connectivity index (χ4v) is 2.66. The highest BCUT2D eigenvalue weighted by molar-refractivity contribution is 7.13. The minimum absolute atomic E-state index is 0.310. The van der Waals surface area contributed by atoms with Crippen molar-refractivity contribution in [2.45, 2.75) is 38.9 Å². The molecule has 21 heavy (non-hydrogen) atoms. The molecule has 6 heteroatoms. The summed E-state index contributed by atoms with van der Waals surface area (Å²) < 4.78 is 12.1. The molecule has 110 valence electrons. The lowest BCUT2D eigenvalue weighted by atomic mass is 9.79. The fourth-order valence-electron chi connectivity index (χ4n) is 2.11. The van der Waals surface area contributed by atoms with Gasteiger partial charge < -0.3 is 14.6 Å². The molecule has 0 unspecified atom stereocenters. The molecule has 1 aromatic heterocycles. The molecule has 1 aliphatic heterocycles. The SMILES string of the molecule is CC1(C)OB(c2ccc(Nc3nccs3)cc2)OC1(C)C. The van der Waals surface area contributed by atoms with Gasteiger partial charge >= 0.3 is 7.12 Å². The zero-order valence-corrected chi connectivity index (χ0v) is 13.5. The first-order chi connectivity index (χ1) is 9.87. The number of nitrogens with zero attached hydrogens (tertiary/aromatic N) is 1. The zero-order valence-electron chi connectivity index (χ0n) is 12.7. The Morgan fingerprint density at radius 2 is 1.67 bits per heavy atom. The van der Waals surface area contributed by atoms with E-state index in [1.54, 1.807) is 17.5 Å². The first-order valence-electron chi connectivity index (χ1n) is 6.99. The molecule has 0 aliphatic carbocycles. The van der Waals surface area contributed by atoms with E-state index in [-0.39, 0.29) is 18.3 Å². The predicted molar refractivity (Wildman–Crippen MR) is 87.6 cm³/mol. The normalized spacial score (nSPS) is 19.7. The summed E-state index contributed by atoms with van der Waals surface area (Å²) in [4.78, 5) is 4.21. The number of rotatable bonds is 3. The third kappa shape index (κ3) is 2.84. The lowest BCUT2D eigenvalue weighted by Gasteiger charge is -2.32. The Bertz CT molecular complexity index is 595. The summed E-state index contributed by atoms with van der Waals surface area (Å²) in [6, 6.07) is 8.08. The molecule has 1 saturated heterocycles. The van der Waals surface area contributed by atoms with E-state index >= 15 is 0 Å². The summed E-state index contributed by atoms with van der Waals surface area (Å²) in [6.45, 7) is 8.24. The van der Waals surface area contributed by atoms with Gasteiger partial charge in [-0.25, -0.2) is 4.98 Å². The maximum Gasteiger partial charge on any atom is 0.494 e. The quantitative estimate of drug-likeness (QED) is 0.884. The number of nitrogens with one attached hydrogen (secondary N) is 1. The summed E-state index contributed by atoms with van der Waals surface area (Å²) in [7, 11) is -0.316. The van der Waals surface area contributed by atoms with Crippen LogP contribution in [0.15, 0.2) is 35.8 Å². The summed E-state index contributed by atoms with van der Waals surface area (Å²) >= 11 is 1.58. The van der Waals surface area contributed by atoms with Crippen molar-refractivity contribution in [2.24, 2.45) is 0 Å². The summed E-state index contributed by atoms with van der Waals surface area (Å²) in [5.74, 6) is 0. The Kier molecular flexibility index (Phi) is 3.55. The van der Waals surface area contributed by atoms with Crippen LogP contribution in [0.5, 0.6) is 0 Å². The predicted octanol–water partition coefficient (Wildman–Crippen LogP) is 3.19. The Labute approximate surface area is 129 Å². The molecule has 2 aromatic rings. The smallest absolute Gasteiger partial charge is 0.399 e. The van der Waals surface area contributed by atoms with Gasteiger partial charge in [-0.05, 0) is 45.3 Å². The molecule has 0 amide bonds. The van der Waals surface area contributed by atoms with E-state index in [0.717, 1.165) is 16.3 Å². The van der Waals surface area contributed by atoms with Gasteiger partial charge in [0.1, 0.15) is 0 Å². The number of benzene rings is 1. The van der Waals surface area contributed by atoms with Crippen LogP contribution in [0.4, 0.5) is 10.8 Å². The third-order valence-electron chi connectivity index (χ3n) is 4.12. The van der Waals surface area contributed by atoms with E-state index in [1.165, 1.54) is 0 Å². The summed E-state index contributed by atoms with van der Waals surface area (Å²) in [5.41, 5.74) is 1.41. The van der Waals surface area contributed by atoms with E-state index in [4.69, 9.17) is 9.31 Å². The van der Waals surface area contributed by atoms with Crippen LogP contribution in [-0.4, -0.2) is 23.3 Å². The Hall–Kier alpha value is -1.37. The molecule has 0 atom stereocenters. The van der Waals surface area contributed by atoms with Crippen LogP contribution in [0, 0.1) is 0 Å². The molecule has 0 bridgehead atoms. The van der Waals surface area contributed by atoms with Gasteiger partial charge in [-0.3, -0.25) is 0 Å². The molecular formula is C15H19BN2O2S. The molecule has 0 radical (unpaired) electrons. The lowest BCUT2D eigenvalue weighted by Crippen LogP contribution is -2.41. The third-order valence-corrected chi connectivity index (χ3v) is 4.81. The number of aromatic nitrogens is 1. The molecule has 1 N–H and O–H groups in total. The average Bonchev–Trinajstić information content (AvgIpc) is 2.97. The maximum absolute atomic E-state index is 6.04. The van der Waals surface area contributed by atoms with Crippen LogP contribution in [0.1, 0.15) is 27.7 Å². The molecule has 0 spiro atoms. The topological polar surface area (TPSA) is 43.4 Å². The molecule has 1 aliphatic rings.